The third kappa shape index (κ3) is 4.35. The molecule has 0 bridgehead atoms. The van der Waals surface area contributed by atoms with Gasteiger partial charge in [-0.25, -0.2) is 8.78 Å². The average molecular weight is 424 g/mol. The number of carbonyl (C=O) groups excluding carboxylic acids is 2. The van der Waals surface area contributed by atoms with E-state index in [1.807, 2.05) is 0 Å². The molecule has 1 aliphatic rings. The minimum Gasteiger partial charge on any atom is -0.459 e. The number of hydrogen-bond donors (Lipinski definition) is 1. The van der Waals surface area contributed by atoms with E-state index >= 15 is 0 Å². The summed E-state index contributed by atoms with van der Waals surface area (Å²) >= 11 is 0. The Hall–Kier alpha value is -3.48. The second kappa shape index (κ2) is 9.12. The van der Waals surface area contributed by atoms with Gasteiger partial charge < -0.3 is 9.73 Å². The molecular weight excluding hydrogens is 402 g/mol. The highest BCUT2D eigenvalue weighted by Gasteiger charge is 2.38. The summed E-state index contributed by atoms with van der Waals surface area (Å²) < 4.78 is 34.9. The maximum absolute atomic E-state index is 14.9. The summed E-state index contributed by atoms with van der Waals surface area (Å²) in [5, 5.41) is 2.92. The van der Waals surface area contributed by atoms with Gasteiger partial charge in [0.1, 0.15) is 17.7 Å². The third-order valence-electron chi connectivity index (χ3n) is 5.47. The van der Waals surface area contributed by atoms with Gasteiger partial charge in [0.15, 0.2) is 5.76 Å². The fraction of sp³-hybridized carbons (Fsp3) is 0.250. The van der Waals surface area contributed by atoms with Gasteiger partial charge in [0.05, 0.1) is 12.0 Å². The number of rotatable bonds is 6. The Balaban J connectivity index is 1.84. The van der Waals surface area contributed by atoms with E-state index in [0.29, 0.717) is 0 Å². The minimum atomic E-state index is -1.42. The number of carbonyl (C=O) groups is 2. The molecule has 31 heavy (non-hydrogen) atoms. The topological polar surface area (TPSA) is 62.6 Å². The molecule has 1 aliphatic carbocycles. The van der Waals surface area contributed by atoms with Crippen LogP contribution in [0.25, 0.3) is 0 Å². The van der Waals surface area contributed by atoms with E-state index in [1.54, 1.807) is 12.1 Å². The minimum absolute atomic E-state index is 0.0267. The van der Waals surface area contributed by atoms with Crippen LogP contribution in [-0.4, -0.2) is 17.9 Å². The quantitative estimate of drug-likeness (QED) is 0.605. The molecule has 2 aromatic carbocycles. The van der Waals surface area contributed by atoms with E-state index in [2.05, 4.69) is 5.32 Å². The van der Waals surface area contributed by atoms with E-state index in [4.69, 9.17) is 4.42 Å². The first-order valence-electron chi connectivity index (χ1n) is 10.2. The summed E-state index contributed by atoms with van der Waals surface area (Å²) in [5.41, 5.74) is -0.167. The van der Waals surface area contributed by atoms with Crippen LogP contribution in [0.15, 0.2) is 71.3 Å². The smallest absolute Gasteiger partial charge is 0.295 e. The molecule has 7 heteroatoms. The van der Waals surface area contributed by atoms with Crippen molar-refractivity contribution in [2.45, 2.75) is 37.8 Å². The van der Waals surface area contributed by atoms with Crippen molar-refractivity contribution in [3.8, 4) is 0 Å². The van der Waals surface area contributed by atoms with Gasteiger partial charge in [-0.15, -0.1) is 0 Å². The van der Waals surface area contributed by atoms with E-state index < -0.39 is 29.5 Å². The standard InChI is InChI=1S/C24H22F2N2O3/c25-18-11-4-3-10-17(18)22(23(29)27-16-8-1-2-9-16)28(20-13-6-5-12-19(20)26)24(30)21-14-7-15-31-21/h3-7,10-16,22H,1-2,8-9H2,(H,27,29)/t22-/m1/s1. The molecule has 0 saturated heterocycles. The van der Waals surface area contributed by atoms with Gasteiger partial charge in [0.2, 0.25) is 5.91 Å². The summed E-state index contributed by atoms with van der Waals surface area (Å²) in [6.45, 7) is 0. The summed E-state index contributed by atoms with van der Waals surface area (Å²) in [4.78, 5) is 27.8. The Morgan fingerprint density at radius 3 is 2.26 bits per heavy atom. The van der Waals surface area contributed by atoms with Crippen LogP contribution in [-0.2, 0) is 4.79 Å². The van der Waals surface area contributed by atoms with Gasteiger partial charge in [0, 0.05) is 11.6 Å². The normalized spacial score (nSPS) is 14.9. The lowest BCUT2D eigenvalue weighted by Gasteiger charge is -2.32. The fourth-order valence-corrected chi connectivity index (χ4v) is 3.98. The van der Waals surface area contributed by atoms with E-state index in [1.165, 1.54) is 54.8 Å². The molecule has 160 valence electrons. The predicted molar refractivity (Wildman–Crippen MR) is 111 cm³/mol. The molecule has 5 nitrogen and oxygen atoms in total. The Morgan fingerprint density at radius 1 is 0.935 bits per heavy atom. The zero-order valence-electron chi connectivity index (χ0n) is 16.8. The van der Waals surface area contributed by atoms with E-state index in [0.717, 1.165) is 30.6 Å². The van der Waals surface area contributed by atoms with Gasteiger partial charge in [-0.1, -0.05) is 43.2 Å². The molecule has 0 spiro atoms. The second-order valence-electron chi connectivity index (χ2n) is 7.52. The molecule has 1 saturated carbocycles. The van der Waals surface area contributed by atoms with Crippen molar-refractivity contribution in [3.63, 3.8) is 0 Å². The number of nitrogens with zero attached hydrogens (tertiary/aromatic N) is 1. The lowest BCUT2D eigenvalue weighted by molar-refractivity contribution is -0.123. The van der Waals surface area contributed by atoms with Crippen LogP contribution >= 0.6 is 0 Å². The highest BCUT2D eigenvalue weighted by Crippen LogP contribution is 2.33. The van der Waals surface area contributed by atoms with Crippen LogP contribution < -0.4 is 10.2 Å². The Labute approximate surface area is 178 Å². The molecule has 0 radical (unpaired) electrons. The first-order valence-corrected chi connectivity index (χ1v) is 10.2. The number of nitrogens with one attached hydrogen (secondary N) is 1. The van der Waals surface area contributed by atoms with Crippen molar-refractivity contribution in [2.75, 3.05) is 4.90 Å². The van der Waals surface area contributed by atoms with E-state index in [-0.39, 0.29) is 23.1 Å². The number of amides is 2. The highest BCUT2D eigenvalue weighted by molar-refractivity contribution is 6.08. The first-order chi connectivity index (χ1) is 15.1. The third-order valence-corrected chi connectivity index (χ3v) is 5.47. The number of benzene rings is 2. The molecular formula is C24H22F2N2O3. The van der Waals surface area contributed by atoms with Crippen LogP contribution in [0.3, 0.4) is 0 Å². The van der Waals surface area contributed by atoms with Crippen molar-refractivity contribution < 1.29 is 22.8 Å². The van der Waals surface area contributed by atoms with Crippen molar-refractivity contribution in [1.82, 2.24) is 5.32 Å². The number of anilines is 1. The molecule has 1 fully saturated rings. The van der Waals surface area contributed by atoms with E-state index in [9.17, 15) is 18.4 Å². The van der Waals surface area contributed by atoms with Gasteiger partial charge in [-0.3, -0.25) is 14.5 Å². The van der Waals surface area contributed by atoms with Crippen molar-refractivity contribution in [1.29, 1.82) is 0 Å². The van der Waals surface area contributed by atoms with Crippen LogP contribution in [0.4, 0.5) is 14.5 Å². The lowest BCUT2D eigenvalue weighted by atomic mass is 10.0. The number of furan rings is 1. The molecule has 0 unspecified atom stereocenters. The summed E-state index contributed by atoms with van der Waals surface area (Å²) in [5.74, 6) is -2.77. The maximum atomic E-state index is 14.9. The SMILES string of the molecule is O=C(NC1CCCC1)[C@@H](c1ccccc1F)N(C(=O)c1ccco1)c1ccccc1F. The number of para-hydroxylation sites is 1. The molecule has 4 rings (SSSR count). The van der Waals surface area contributed by atoms with Crippen LogP contribution in [0.5, 0.6) is 0 Å². The Kier molecular flexibility index (Phi) is 6.11. The summed E-state index contributed by atoms with van der Waals surface area (Å²) in [6, 6.07) is 12.8. The summed E-state index contributed by atoms with van der Waals surface area (Å²) in [6.07, 6.45) is 4.89. The Bertz CT molecular complexity index is 1060. The van der Waals surface area contributed by atoms with Gasteiger partial charge in [-0.05, 0) is 43.2 Å². The maximum Gasteiger partial charge on any atom is 0.295 e. The number of hydrogen-bond acceptors (Lipinski definition) is 3. The first kappa shape index (κ1) is 20.8. The predicted octanol–water partition coefficient (Wildman–Crippen LogP) is 5.00. The van der Waals surface area contributed by atoms with Crippen LogP contribution in [0, 0.1) is 11.6 Å². The van der Waals surface area contributed by atoms with Crippen LogP contribution in [0.2, 0.25) is 0 Å². The Morgan fingerprint density at radius 2 is 1.61 bits per heavy atom. The molecule has 1 aromatic heterocycles. The van der Waals surface area contributed by atoms with Gasteiger partial charge in [0.25, 0.3) is 5.91 Å². The van der Waals surface area contributed by atoms with Crippen LogP contribution in [0.1, 0.15) is 47.8 Å². The van der Waals surface area contributed by atoms with Crippen molar-refractivity contribution in [3.05, 3.63) is 89.9 Å². The molecule has 0 aliphatic heterocycles. The fourth-order valence-electron chi connectivity index (χ4n) is 3.98. The summed E-state index contributed by atoms with van der Waals surface area (Å²) in [7, 11) is 0. The zero-order valence-corrected chi connectivity index (χ0v) is 16.8. The van der Waals surface area contributed by atoms with Crippen molar-refractivity contribution in [2.24, 2.45) is 0 Å². The average Bonchev–Trinajstić information content (AvgIpc) is 3.47. The second-order valence-corrected chi connectivity index (χ2v) is 7.52. The molecule has 1 atom stereocenters. The largest absolute Gasteiger partial charge is 0.459 e. The van der Waals surface area contributed by atoms with Gasteiger partial charge >= 0.3 is 0 Å². The molecule has 1 N–H and O–H groups in total. The number of halogens is 2. The molecule has 2 amide bonds. The highest BCUT2D eigenvalue weighted by atomic mass is 19.1. The molecule has 1 heterocycles. The zero-order chi connectivity index (χ0) is 21.8. The van der Waals surface area contributed by atoms with Gasteiger partial charge in [-0.2, -0.15) is 0 Å². The monoisotopic (exact) mass is 424 g/mol. The lowest BCUT2D eigenvalue weighted by Crippen LogP contribution is -2.47. The van der Waals surface area contributed by atoms with Crippen molar-refractivity contribution >= 4 is 17.5 Å². The molecule has 3 aromatic rings.